The zero-order valence-corrected chi connectivity index (χ0v) is 16.8. The first-order chi connectivity index (χ1) is 11.9. The number of rotatable bonds is 4. The van der Waals surface area contributed by atoms with Crippen molar-refractivity contribution in [1.82, 2.24) is 9.47 Å². The average Bonchev–Trinajstić information content (AvgIpc) is 3.04. The minimum atomic E-state index is -0.330. The van der Waals surface area contributed by atoms with Crippen molar-refractivity contribution in [3.63, 3.8) is 0 Å². The van der Waals surface area contributed by atoms with Gasteiger partial charge in [0.25, 0.3) is 5.91 Å². The molecule has 1 aliphatic rings. The van der Waals surface area contributed by atoms with Gasteiger partial charge in [0.1, 0.15) is 10.9 Å². The van der Waals surface area contributed by atoms with Crippen LogP contribution in [0.5, 0.6) is 0 Å². The van der Waals surface area contributed by atoms with Crippen molar-refractivity contribution in [2.75, 3.05) is 13.7 Å². The first-order valence-corrected chi connectivity index (χ1v) is 9.57. The van der Waals surface area contributed by atoms with Gasteiger partial charge < -0.3 is 9.30 Å². The third-order valence-electron chi connectivity index (χ3n) is 3.88. The molecule has 2 heterocycles. The number of esters is 1. The number of hydrogen-bond donors (Lipinski definition) is 0. The topological polar surface area (TPSA) is 51.5 Å². The molecule has 3 rings (SSSR count). The number of benzene rings is 1. The van der Waals surface area contributed by atoms with Crippen molar-refractivity contribution in [2.24, 2.45) is 0 Å². The standard InChI is InChI=1S/C17H15BrN2O3S2/c1-3-20-16(22)14(25-17(20)24)6-10-8-19(9-15(21)23-2)13-5-4-11(18)7-12(10)13/h4-8H,3,9H2,1-2H3/b14-6-. The molecule has 0 N–H and O–H groups in total. The number of thiocarbonyl (C=S) groups is 1. The zero-order chi connectivity index (χ0) is 18.1. The highest BCUT2D eigenvalue weighted by Gasteiger charge is 2.30. The Balaban J connectivity index is 2.09. The molecule has 0 atom stereocenters. The van der Waals surface area contributed by atoms with Crippen LogP contribution in [0, 0.1) is 0 Å². The van der Waals surface area contributed by atoms with Crippen LogP contribution in [-0.4, -0.2) is 39.3 Å². The molecule has 0 bridgehead atoms. The Morgan fingerprint density at radius 2 is 2.20 bits per heavy atom. The second-order valence-electron chi connectivity index (χ2n) is 5.38. The van der Waals surface area contributed by atoms with Crippen molar-refractivity contribution in [3.05, 3.63) is 39.3 Å². The van der Waals surface area contributed by atoms with Gasteiger partial charge in [0.15, 0.2) is 0 Å². The van der Waals surface area contributed by atoms with E-state index in [1.807, 2.05) is 42.0 Å². The minimum Gasteiger partial charge on any atom is -0.468 e. The molecule has 0 radical (unpaired) electrons. The molecule has 0 saturated carbocycles. The van der Waals surface area contributed by atoms with E-state index >= 15 is 0 Å². The van der Waals surface area contributed by atoms with E-state index in [-0.39, 0.29) is 18.4 Å². The fourth-order valence-corrected chi connectivity index (χ4v) is 4.40. The number of fused-ring (bicyclic) bond motifs is 1. The first kappa shape index (κ1) is 18.2. The van der Waals surface area contributed by atoms with Crippen LogP contribution in [0.15, 0.2) is 33.8 Å². The lowest BCUT2D eigenvalue weighted by Crippen LogP contribution is -2.27. The molecule has 0 spiro atoms. The third kappa shape index (κ3) is 3.51. The number of amides is 1. The van der Waals surface area contributed by atoms with Gasteiger partial charge in [0, 0.05) is 33.7 Å². The lowest BCUT2D eigenvalue weighted by molar-refractivity contribution is -0.141. The largest absolute Gasteiger partial charge is 0.468 e. The summed E-state index contributed by atoms with van der Waals surface area (Å²) < 4.78 is 8.07. The minimum absolute atomic E-state index is 0.0821. The van der Waals surface area contributed by atoms with E-state index in [1.165, 1.54) is 18.9 Å². The molecule has 1 saturated heterocycles. The molecule has 25 heavy (non-hydrogen) atoms. The first-order valence-electron chi connectivity index (χ1n) is 7.55. The van der Waals surface area contributed by atoms with Gasteiger partial charge in [-0.25, -0.2) is 0 Å². The maximum absolute atomic E-state index is 12.4. The van der Waals surface area contributed by atoms with Crippen molar-refractivity contribution >= 4 is 73.1 Å². The summed E-state index contributed by atoms with van der Waals surface area (Å²) >= 11 is 10.0. The lowest BCUT2D eigenvalue weighted by Gasteiger charge is -2.09. The quantitative estimate of drug-likeness (QED) is 0.412. The summed E-state index contributed by atoms with van der Waals surface area (Å²) in [6.45, 7) is 2.56. The summed E-state index contributed by atoms with van der Waals surface area (Å²) in [7, 11) is 1.36. The van der Waals surface area contributed by atoms with Crippen molar-refractivity contribution < 1.29 is 14.3 Å². The number of carbonyl (C=O) groups is 2. The predicted octanol–water partition coefficient (Wildman–Crippen LogP) is 3.80. The molecule has 1 amide bonds. The van der Waals surface area contributed by atoms with E-state index in [0.29, 0.717) is 15.8 Å². The summed E-state index contributed by atoms with van der Waals surface area (Å²) in [6.07, 6.45) is 3.68. The number of aromatic nitrogens is 1. The zero-order valence-electron chi connectivity index (χ0n) is 13.6. The molecule has 130 valence electrons. The Bertz CT molecular complexity index is 920. The molecule has 0 unspecified atom stereocenters. The van der Waals surface area contributed by atoms with E-state index in [1.54, 1.807) is 4.90 Å². The Kier molecular flexibility index (Phi) is 5.31. The average molecular weight is 439 g/mol. The maximum Gasteiger partial charge on any atom is 0.325 e. The summed E-state index contributed by atoms with van der Waals surface area (Å²) in [5.74, 6) is -0.412. The number of halogens is 1. The monoisotopic (exact) mass is 438 g/mol. The fourth-order valence-electron chi connectivity index (χ4n) is 2.66. The van der Waals surface area contributed by atoms with Crippen molar-refractivity contribution in [1.29, 1.82) is 0 Å². The number of nitrogens with zero attached hydrogens (tertiary/aromatic N) is 2. The Labute approximate surface area is 163 Å². The second-order valence-corrected chi connectivity index (χ2v) is 7.97. The highest BCUT2D eigenvalue weighted by Crippen LogP contribution is 2.34. The molecular formula is C17H15BrN2O3S2. The van der Waals surface area contributed by atoms with Gasteiger partial charge in [0.05, 0.1) is 12.0 Å². The number of likely N-dealkylation sites (N-methyl/N-ethyl adjacent to an activating group) is 1. The van der Waals surface area contributed by atoms with E-state index in [0.717, 1.165) is 20.9 Å². The van der Waals surface area contributed by atoms with E-state index in [9.17, 15) is 9.59 Å². The molecule has 1 aliphatic heterocycles. The molecule has 1 aromatic heterocycles. The lowest BCUT2D eigenvalue weighted by atomic mass is 10.1. The van der Waals surface area contributed by atoms with Crippen LogP contribution < -0.4 is 0 Å². The molecule has 2 aromatic rings. The summed E-state index contributed by atoms with van der Waals surface area (Å²) in [5, 5.41) is 0.944. The maximum atomic E-state index is 12.4. The summed E-state index contributed by atoms with van der Waals surface area (Å²) in [4.78, 5) is 26.3. The summed E-state index contributed by atoms with van der Waals surface area (Å²) in [5.41, 5.74) is 1.75. The predicted molar refractivity (Wildman–Crippen MR) is 107 cm³/mol. The van der Waals surface area contributed by atoms with Crippen molar-refractivity contribution in [2.45, 2.75) is 13.5 Å². The summed E-state index contributed by atoms with van der Waals surface area (Å²) in [6, 6.07) is 5.81. The molecule has 1 aromatic carbocycles. The molecule has 0 aliphatic carbocycles. The van der Waals surface area contributed by atoms with Gasteiger partial charge in [-0.3, -0.25) is 14.5 Å². The van der Waals surface area contributed by atoms with Gasteiger partial charge in [-0.15, -0.1) is 0 Å². The fraction of sp³-hybridized carbons (Fsp3) is 0.235. The van der Waals surface area contributed by atoms with Crippen LogP contribution in [0.2, 0.25) is 0 Å². The van der Waals surface area contributed by atoms with Crippen LogP contribution >= 0.6 is 39.9 Å². The van der Waals surface area contributed by atoms with Crippen LogP contribution in [-0.2, 0) is 20.9 Å². The molecule has 1 fully saturated rings. The number of ether oxygens (including phenoxy) is 1. The van der Waals surface area contributed by atoms with Gasteiger partial charge in [-0.05, 0) is 31.2 Å². The SMILES string of the molecule is CCN1C(=O)/C(=C/c2cn(CC(=O)OC)c3ccc(Br)cc23)SC1=S. The smallest absolute Gasteiger partial charge is 0.325 e. The third-order valence-corrected chi connectivity index (χ3v) is 5.75. The molecule has 8 heteroatoms. The molecule has 5 nitrogen and oxygen atoms in total. The van der Waals surface area contributed by atoms with Gasteiger partial charge in [-0.2, -0.15) is 0 Å². The van der Waals surface area contributed by atoms with Gasteiger partial charge in [0.2, 0.25) is 0 Å². The van der Waals surface area contributed by atoms with E-state index in [4.69, 9.17) is 17.0 Å². The van der Waals surface area contributed by atoms with E-state index < -0.39 is 0 Å². The van der Waals surface area contributed by atoms with Gasteiger partial charge in [-0.1, -0.05) is 39.9 Å². The molecular weight excluding hydrogens is 424 g/mol. The second kappa shape index (κ2) is 7.31. The van der Waals surface area contributed by atoms with Crippen LogP contribution in [0.4, 0.5) is 0 Å². The number of hydrogen-bond acceptors (Lipinski definition) is 5. The Morgan fingerprint density at radius 3 is 2.84 bits per heavy atom. The number of thioether (sulfide) groups is 1. The van der Waals surface area contributed by atoms with Gasteiger partial charge >= 0.3 is 5.97 Å². The highest BCUT2D eigenvalue weighted by atomic mass is 79.9. The number of methoxy groups -OCH3 is 1. The highest BCUT2D eigenvalue weighted by molar-refractivity contribution is 9.10. The Hall–Kier alpha value is -1.64. The van der Waals surface area contributed by atoms with Crippen LogP contribution in [0.3, 0.4) is 0 Å². The number of carbonyl (C=O) groups excluding carboxylic acids is 2. The van der Waals surface area contributed by atoms with E-state index in [2.05, 4.69) is 15.9 Å². The Morgan fingerprint density at radius 1 is 1.44 bits per heavy atom. The normalized spacial score (nSPS) is 16.3. The van der Waals surface area contributed by atoms with Crippen LogP contribution in [0.1, 0.15) is 12.5 Å². The van der Waals surface area contributed by atoms with Crippen LogP contribution in [0.25, 0.3) is 17.0 Å². The van der Waals surface area contributed by atoms with Crippen molar-refractivity contribution in [3.8, 4) is 0 Å².